The first-order valence-electron chi connectivity index (χ1n) is 8.62. The van der Waals surface area contributed by atoms with Gasteiger partial charge in [0.2, 0.25) is 10.0 Å². The first kappa shape index (κ1) is 22.9. The summed E-state index contributed by atoms with van der Waals surface area (Å²) in [6.07, 6.45) is 2.26. The summed E-state index contributed by atoms with van der Waals surface area (Å²) in [5.41, 5.74) is 1.27. The fraction of sp³-hybridized carbons (Fsp3) is 0.316. The van der Waals surface area contributed by atoms with E-state index >= 15 is 0 Å². The van der Waals surface area contributed by atoms with Crippen LogP contribution < -0.4 is 5.32 Å². The Bertz CT molecular complexity index is 1020. The van der Waals surface area contributed by atoms with E-state index in [1.54, 1.807) is 37.6 Å². The number of ether oxygens (including phenoxy) is 1. The Hall–Kier alpha value is -2.43. The molecule has 1 amide bonds. The summed E-state index contributed by atoms with van der Waals surface area (Å²) < 4.78 is 31.0. The highest BCUT2D eigenvalue weighted by molar-refractivity contribution is 7.98. The number of sulfonamides is 1. The van der Waals surface area contributed by atoms with Crippen molar-refractivity contribution in [2.24, 2.45) is 0 Å². The van der Waals surface area contributed by atoms with Gasteiger partial charge in [0, 0.05) is 26.0 Å². The molecule has 2 rings (SSSR count). The number of hydrogen-bond donors (Lipinski definition) is 1. The van der Waals surface area contributed by atoms with Gasteiger partial charge < -0.3 is 10.1 Å². The van der Waals surface area contributed by atoms with Crippen LogP contribution in [-0.4, -0.2) is 56.0 Å². The number of anilines is 1. The van der Waals surface area contributed by atoms with E-state index in [1.807, 2.05) is 0 Å². The Morgan fingerprint density at radius 1 is 1.24 bits per heavy atom. The monoisotopic (exact) mass is 437 g/mol. The second-order valence-electron chi connectivity index (χ2n) is 6.36. The molecule has 1 aromatic carbocycles. The van der Waals surface area contributed by atoms with Gasteiger partial charge in [-0.25, -0.2) is 22.5 Å². The van der Waals surface area contributed by atoms with E-state index < -0.39 is 28.0 Å². The number of nitrogens with one attached hydrogen (secondary N) is 1. The van der Waals surface area contributed by atoms with Crippen molar-refractivity contribution in [1.29, 1.82) is 0 Å². The quantitative estimate of drug-likeness (QED) is 0.524. The predicted octanol–water partition coefficient (Wildman–Crippen LogP) is 2.55. The largest absolute Gasteiger partial charge is 0.449 e. The third-order valence-corrected chi connectivity index (χ3v) is 6.61. The zero-order valence-electron chi connectivity index (χ0n) is 16.8. The summed E-state index contributed by atoms with van der Waals surface area (Å²) in [5.74, 6) is -1.23. The van der Waals surface area contributed by atoms with Gasteiger partial charge in [-0.2, -0.15) is 0 Å². The molecular formula is C19H23N3O5S2. The zero-order chi connectivity index (χ0) is 21.8. The van der Waals surface area contributed by atoms with Gasteiger partial charge in [0.05, 0.1) is 10.5 Å². The van der Waals surface area contributed by atoms with Crippen LogP contribution in [0.25, 0.3) is 0 Å². The number of carbonyl (C=O) groups is 2. The number of benzene rings is 1. The molecule has 0 bridgehead atoms. The van der Waals surface area contributed by atoms with Crippen molar-refractivity contribution in [2.45, 2.75) is 29.9 Å². The average molecular weight is 438 g/mol. The highest BCUT2D eigenvalue weighted by Crippen LogP contribution is 2.23. The molecule has 1 heterocycles. The van der Waals surface area contributed by atoms with Crippen LogP contribution in [0.3, 0.4) is 0 Å². The molecule has 1 aromatic heterocycles. The van der Waals surface area contributed by atoms with Crippen LogP contribution in [-0.2, 0) is 19.6 Å². The van der Waals surface area contributed by atoms with Crippen molar-refractivity contribution < 1.29 is 22.7 Å². The van der Waals surface area contributed by atoms with Crippen LogP contribution in [0.5, 0.6) is 0 Å². The van der Waals surface area contributed by atoms with E-state index in [2.05, 4.69) is 10.3 Å². The van der Waals surface area contributed by atoms with Crippen LogP contribution in [0.4, 0.5) is 5.69 Å². The van der Waals surface area contributed by atoms with Crippen LogP contribution in [0.1, 0.15) is 22.8 Å². The van der Waals surface area contributed by atoms with Gasteiger partial charge in [-0.05, 0) is 49.9 Å². The lowest BCUT2D eigenvalue weighted by atomic mass is 10.2. The minimum absolute atomic E-state index is 0.0491. The fourth-order valence-electron chi connectivity index (χ4n) is 2.33. The van der Waals surface area contributed by atoms with Gasteiger partial charge in [0.25, 0.3) is 5.91 Å². The molecule has 0 saturated carbocycles. The van der Waals surface area contributed by atoms with Crippen LogP contribution in [0.15, 0.2) is 46.5 Å². The van der Waals surface area contributed by atoms with Gasteiger partial charge in [-0.15, -0.1) is 11.8 Å². The number of aromatic nitrogens is 1. The Labute approximate surface area is 174 Å². The molecule has 0 fully saturated rings. The zero-order valence-corrected chi connectivity index (χ0v) is 18.4. The molecule has 0 spiro atoms. The second-order valence-corrected chi connectivity index (χ2v) is 9.31. The average Bonchev–Trinajstić information content (AvgIpc) is 2.69. The number of nitrogens with zero attached hydrogens (tertiary/aromatic N) is 2. The normalized spacial score (nSPS) is 12.5. The Morgan fingerprint density at radius 3 is 2.55 bits per heavy atom. The van der Waals surface area contributed by atoms with Crippen molar-refractivity contribution in [3.05, 3.63) is 47.7 Å². The van der Waals surface area contributed by atoms with Crippen molar-refractivity contribution in [1.82, 2.24) is 9.29 Å². The SMILES string of the molecule is CSc1ncccc1C(=O)OC(C)C(=O)Nc1cc(S(=O)(=O)N(C)C)ccc1C. The van der Waals surface area contributed by atoms with E-state index in [0.717, 1.165) is 4.31 Å². The summed E-state index contributed by atoms with van der Waals surface area (Å²) >= 11 is 1.30. The van der Waals surface area contributed by atoms with Crippen molar-refractivity contribution in [3.8, 4) is 0 Å². The lowest BCUT2D eigenvalue weighted by molar-refractivity contribution is -0.123. The molecule has 156 valence electrons. The number of esters is 1. The molecule has 10 heteroatoms. The van der Waals surface area contributed by atoms with Gasteiger partial charge in [-0.1, -0.05) is 6.07 Å². The van der Waals surface area contributed by atoms with Crippen LogP contribution in [0, 0.1) is 6.92 Å². The standard InChI is InChI=1S/C19H23N3O5S2/c1-12-8-9-14(29(25,26)22(3)4)11-16(12)21-17(23)13(2)27-19(24)15-7-6-10-20-18(15)28-5/h6-11,13H,1-5H3,(H,21,23). The molecule has 0 radical (unpaired) electrons. The lowest BCUT2D eigenvalue weighted by Crippen LogP contribution is -2.30. The molecule has 1 unspecified atom stereocenters. The summed E-state index contributed by atoms with van der Waals surface area (Å²) in [6.45, 7) is 3.18. The number of hydrogen-bond acceptors (Lipinski definition) is 7. The number of amides is 1. The van der Waals surface area contributed by atoms with Crippen molar-refractivity contribution >= 4 is 39.3 Å². The van der Waals surface area contributed by atoms with Gasteiger partial charge in [-0.3, -0.25) is 4.79 Å². The predicted molar refractivity (Wildman–Crippen MR) is 112 cm³/mol. The Kier molecular flexibility index (Phi) is 7.39. The smallest absolute Gasteiger partial charge is 0.341 e. The van der Waals surface area contributed by atoms with E-state index in [1.165, 1.54) is 44.9 Å². The molecule has 0 aliphatic heterocycles. The van der Waals surface area contributed by atoms with Crippen molar-refractivity contribution in [2.75, 3.05) is 25.7 Å². The summed E-state index contributed by atoms with van der Waals surface area (Å²) in [6, 6.07) is 7.63. The summed E-state index contributed by atoms with van der Waals surface area (Å²) in [4.78, 5) is 29.0. The van der Waals surface area contributed by atoms with E-state index in [4.69, 9.17) is 4.74 Å². The van der Waals surface area contributed by atoms with Gasteiger partial charge in [0.1, 0.15) is 5.03 Å². The highest BCUT2D eigenvalue weighted by atomic mass is 32.2. The molecule has 0 aliphatic rings. The number of thioether (sulfide) groups is 1. The first-order chi connectivity index (χ1) is 13.6. The number of carbonyl (C=O) groups excluding carboxylic acids is 2. The van der Waals surface area contributed by atoms with Gasteiger partial charge >= 0.3 is 5.97 Å². The second kappa shape index (κ2) is 9.38. The van der Waals surface area contributed by atoms with Crippen molar-refractivity contribution in [3.63, 3.8) is 0 Å². The molecule has 2 aromatic rings. The van der Waals surface area contributed by atoms with Crippen LogP contribution in [0.2, 0.25) is 0 Å². The minimum atomic E-state index is -3.65. The van der Waals surface area contributed by atoms with E-state index in [9.17, 15) is 18.0 Å². The number of aryl methyl sites for hydroxylation is 1. The maximum absolute atomic E-state index is 12.5. The molecule has 1 atom stereocenters. The highest BCUT2D eigenvalue weighted by Gasteiger charge is 2.23. The molecule has 29 heavy (non-hydrogen) atoms. The third kappa shape index (κ3) is 5.34. The molecule has 8 nitrogen and oxygen atoms in total. The minimum Gasteiger partial charge on any atom is -0.449 e. The topological polar surface area (TPSA) is 106 Å². The lowest BCUT2D eigenvalue weighted by Gasteiger charge is -2.17. The van der Waals surface area contributed by atoms with E-state index in [0.29, 0.717) is 16.3 Å². The number of rotatable bonds is 7. The summed E-state index contributed by atoms with van der Waals surface area (Å²) in [5, 5.41) is 3.13. The van der Waals surface area contributed by atoms with Crippen LogP contribution >= 0.6 is 11.8 Å². The first-order valence-corrected chi connectivity index (χ1v) is 11.3. The molecule has 0 saturated heterocycles. The fourth-order valence-corrected chi connectivity index (χ4v) is 3.79. The van der Waals surface area contributed by atoms with E-state index in [-0.39, 0.29) is 10.5 Å². The third-order valence-electron chi connectivity index (χ3n) is 4.08. The summed E-state index contributed by atoms with van der Waals surface area (Å²) in [7, 11) is -0.794. The number of pyridine rings is 1. The van der Waals surface area contributed by atoms with Gasteiger partial charge in [0.15, 0.2) is 6.10 Å². The molecule has 1 N–H and O–H groups in total. The Balaban J connectivity index is 2.16. The maximum atomic E-state index is 12.5. The maximum Gasteiger partial charge on any atom is 0.341 e. The molecular weight excluding hydrogens is 414 g/mol. The molecule has 0 aliphatic carbocycles. The Morgan fingerprint density at radius 2 is 1.93 bits per heavy atom.